The summed E-state index contributed by atoms with van der Waals surface area (Å²) in [6.45, 7) is 0. The monoisotopic (exact) mass is 331 g/mol. The lowest BCUT2D eigenvalue weighted by molar-refractivity contribution is 0.517. The number of fused-ring (bicyclic) bond motifs is 1. The van der Waals surface area contributed by atoms with Gasteiger partial charge in [0.2, 0.25) is 0 Å². The van der Waals surface area contributed by atoms with E-state index in [1.165, 1.54) is 21.7 Å². The highest BCUT2D eigenvalue weighted by Crippen LogP contribution is 2.56. The molecule has 1 aliphatic carbocycles. The van der Waals surface area contributed by atoms with Crippen LogP contribution in [0.5, 0.6) is 0 Å². The molecule has 4 rings (SSSR count). The summed E-state index contributed by atoms with van der Waals surface area (Å²) in [5.41, 5.74) is 9.97. The molecule has 2 N–H and O–H groups in total. The van der Waals surface area contributed by atoms with Gasteiger partial charge in [-0.3, -0.25) is 0 Å². The minimum Gasteiger partial charge on any atom is -0.317 e. The number of rotatable bonds is 3. The van der Waals surface area contributed by atoms with Crippen LogP contribution in [0.25, 0.3) is 0 Å². The second-order valence-corrected chi connectivity index (χ2v) is 8.94. The average molecular weight is 331 g/mol. The lowest BCUT2D eigenvalue weighted by atomic mass is 9.87. The minimum absolute atomic E-state index is 0.299. The Bertz CT molecular complexity index is 776. The first-order valence-corrected chi connectivity index (χ1v) is 9.91. The molecule has 0 unspecified atom stereocenters. The lowest BCUT2D eigenvalue weighted by Crippen LogP contribution is -2.43. The van der Waals surface area contributed by atoms with Crippen LogP contribution in [0.3, 0.4) is 0 Å². The molecule has 3 aromatic carbocycles. The van der Waals surface area contributed by atoms with Crippen molar-refractivity contribution in [2.45, 2.75) is 24.5 Å². The summed E-state index contributed by atoms with van der Waals surface area (Å²) in [5, 5.41) is 2.42. The Morgan fingerprint density at radius 1 is 0.708 bits per heavy atom. The molecule has 0 amide bonds. The lowest BCUT2D eigenvalue weighted by Gasteiger charge is -2.43. The highest BCUT2D eigenvalue weighted by atomic mass is 31.1. The third-order valence-electron chi connectivity index (χ3n) is 4.92. The van der Waals surface area contributed by atoms with E-state index in [1.807, 2.05) is 0 Å². The van der Waals surface area contributed by atoms with Gasteiger partial charge in [-0.1, -0.05) is 84.9 Å². The normalized spacial score (nSPS) is 19.9. The fraction of sp³-hybridized carbons (Fsp3) is 0.182. The van der Waals surface area contributed by atoms with E-state index >= 15 is 0 Å². The summed E-state index contributed by atoms with van der Waals surface area (Å²) in [6, 6.07) is 30.4. The van der Waals surface area contributed by atoms with Crippen LogP contribution in [0.2, 0.25) is 0 Å². The highest BCUT2D eigenvalue weighted by molar-refractivity contribution is 7.74. The van der Waals surface area contributed by atoms with Crippen molar-refractivity contribution in [3.05, 3.63) is 96.1 Å². The standard InChI is InChI=1S/C22H22NP/c23-22(17-9-11-18-10-7-8-16-21(18)22)24(19-12-3-1-4-13-19)20-14-5-2-6-15-20/h1-8,10,12-16H,9,11,17,23H2/t22-/m0/s1. The van der Waals surface area contributed by atoms with E-state index in [1.54, 1.807) is 0 Å². The van der Waals surface area contributed by atoms with E-state index in [-0.39, 0.29) is 5.28 Å². The minimum atomic E-state index is -0.660. The largest absolute Gasteiger partial charge is 0.317 e. The van der Waals surface area contributed by atoms with Gasteiger partial charge in [0, 0.05) is 0 Å². The van der Waals surface area contributed by atoms with Crippen molar-refractivity contribution in [3.8, 4) is 0 Å². The molecule has 0 radical (unpaired) electrons. The first-order valence-electron chi connectivity index (χ1n) is 8.57. The summed E-state index contributed by atoms with van der Waals surface area (Å²) in [7, 11) is -0.660. The third kappa shape index (κ3) is 2.69. The number of benzene rings is 3. The molecule has 1 nitrogen and oxygen atoms in total. The van der Waals surface area contributed by atoms with Gasteiger partial charge in [-0.2, -0.15) is 0 Å². The van der Waals surface area contributed by atoms with Crippen LogP contribution in [0, 0.1) is 0 Å². The van der Waals surface area contributed by atoms with Gasteiger partial charge in [-0.25, -0.2) is 0 Å². The van der Waals surface area contributed by atoms with Gasteiger partial charge in [-0.15, -0.1) is 0 Å². The molecule has 0 bridgehead atoms. The molecular weight excluding hydrogens is 309 g/mol. The fourth-order valence-corrected chi connectivity index (χ4v) is 6.84. The van der Waals surface area contributed by atoms with Crippen molar-refractivity contribution in [2.24, 2.45) is 5.73 Å². The van der Waals surface area contributed by atoms with Crippen molar-refractivity contribution >= 4 is 18.5 Å². The molecule has 0 heterocycles. The summed E-state index contributed by atoms with van der Waals surface area (Å²) < 4.78 is 0. The molecule has 0 aliphatic heterocycles. The van der Waals surface area contributed by atoms with Crippen LogP contribution >= 0.6 is 7.92 Å². The van der Waals surface area contributed by atoms with E-state index in [9.17, 15) is 0 Å². The molecule has 1 atom stereocenters. The molecule has 3 aromatic rings. The second kappa shape index (κ2) is 6.51. The van der Waals surface area contributed by atoms with Crippen LogP contribution in [0.1, 0.15) is 24.0 Å². The van der Waals surface area contributed by atoms with Gasteiger partial charge in [0.05, 0.1) is 5.28 Å². The Kier molecular flexibility index (Phi) is 4.22. The Morgan fingerprint density at radius 2 is 1.25 bits per heavy atom. The molecule has 0 fully saturated rings. The van der Waals surface area contributed by atoms with Gasteiger partial charge in [-0.05, 0) is 48.9 Å². The summed E-state index contributed by atoms with van der Waals surface area (Å²) >= 11 is 0. The van der Waals surface area contributed by atoms with Crippen molar-refractivity contribution in [1.29, 1.82) is 0 Å². The van der Waals surface area contributed by atoms with E-state index in [0.29, 0.717) is 0 Å². The highest BCUT2D eigenvalue weighted by Gasteiger charge is 2.41. The Labute approximate surface area is 145 Å². The predicted molar refractivity (Wildman–Crippen MR) is 104 cm³/mol. The van der Waals surface area contributed by atoms with Gasteiger partial charge >= 0.3 is 0 Å². The number of nitrogens with two attached hydrogens (primary N) is 1. The third-order valence-corrected chi connectivity index (χ3v) is 7.81. The average Bonchev–Trinajstić information content (AvgIpc) is 2.64. The number of hydrogen-bond donors (Lipinski definition) is 1. The molecule has 0 spiro atoms. The van der Waals surface area contributed by atoms with E-state index in [0.717, 1.165) is 19.3 Å². The second-order valence-electron chi connectivity index (χ2n) is 6.44. The van der Waals surface area contributed by atoms with Crippen molar-refractivity contribution in [1.82, 2.24) is 0 Å². The molecule has 0 saturated heterocycles. The van der Waals surface area contributed by atoms with Crippen LogP contribution in [-0.4, -0.2) is 0 Å². The first-order chi connectivity index (χ1) is 11.8. The molecule has 24 heavy (non-hydrogen) atoms. The maximum absolute atomic E-state index is 7.21. The predicted octanol–water partition coefficient (Wildman–Crippen LogP) is 4.27. The van der Waals surface area contributed by atoms with E-state index in [4.69, 9.17) is 5.73 Å². The van der Waals surface area contributed by atoms with Crippen LogP contribution in [0.4, 0.5) is 0 Å². The van der Waals surface area contributed by atoms with E-state index < -0.39 is 7.92 Å². The van der Waals surface area contributed by atoms with Crippen LogP contribution in [-0.2, 0) is 11.7 Å². The Morgan fingerprint density at radius 3 is 1.88 bits per heavy atom. The number of aryl methyl sites for hydroxylation is 1. The topological polar surface area (TPSA) is 26.0 Å². The van der Waals surface area contributed by atoms with Crippen molar-refractivity contribution < 1.29 is 0 Å². The fourth-order valence-electron chi connectivity index (χ4n) is 3.84. The molecule has 120 valence electrons. The van der Waals surface area contributed by atoms with Crippen molar-refractivity contribution in [3.63, 3.8) is 0 Å². The molecule has 1 aliphatic rings. The van der Waals surface area contributed by atoms with Gasteiger partial charge < -0.3 is 5.73 Å². The maximum Gasteiger partial charge on any atom is 0.0695 e. The summed E-state index contributed by atoms with van der Waals surface area (Å²) in [5.74, 6) is 0. The molecule has 0 saturated carbocycles. The molecular formula is C22H22NP. The summed E-state index contributed by atoms with van der Waals surface area (Å²) in [6.07, 6.45) is 3.34. The van der Waals surface area contributed by atoms with E-state index in [2.05, 4.69) is 84.9 Å². The Balaban J connectivity index is 1.92. The zero-order valence-electron chi connectivity index (χ0n) is 13.7. The molecule has 2 heteroatoms. The maximum atomic E-state index is 7.21. The summed E-state index contributed by atoms with van der Waals surface area (Å²) in [4.78, 5) is 0. The first kappa shape index (κ1) is 15.6. The SMILES string of the molecule is N[C@]1(P(c2ccccc2)c2ccccc2)CCCc2ccccc21. The zero-order valence-corrected chi connectivity index (χ0v) is 14.6. The zero-order chi connectivity index (χ0) is 16.4. The Hall–Kier alpha value is -1.95. The number of hydrogen-bond acceptors (Lipinski definition) is 1. The van der Waals surface area contributed by atoms with Gasteiger partial charge in [0.25, 0.3) is 0 Å². The van der Waals surface area contributed by atoms with Gasteiger partial charge in [0.1, 0.15) is 0 Å². The van der Waals surface area contributed by atoms with Crippen molar-refractivity contribution in [2.75, 3.05) is 0 Å². The van der Waals surface area contributed by atoms with Crippen LogP contribution in [0.15, 0.2) is 84.9 Å². The quantitative estimate of drug-likeness (QED) is 0.713. The smallest absolute Gasteiger partial charge is 0.0695 e. The molecule has 0 aromatic heterocycles. The van der Waals surface area contributed by atoms with Gasteiger partial charge in [0.15, 0.2) is 0 Å². The van der Waals surface area contributed by atoms with Crippen LogP contribution < -0.4 is 16.3 Å².